The van der Waals surface area contributed by atoms with Crippen LogP contribution in [0.2, 0.25) is 0 Å². The molecule has 1 fully saturated rings. The topological polar surface area (TPSA) is 15.3 Å². The van der Waals surface area contributed by atoms with Crippen molar-refractivity contribution in [3.8, 4) is 0 Å². The number of nitrogens with one attached hydrogen (secondary N) is 1. The van der Waals surface area contributed by atoms with E-state index >= 15 is 0 Å². The van der Waals surface area contributed by atoms with Crippen molar-refractivity contribution in [2.45, 2.75) is 72.4 Å². The van der Waals surface area contributed by atoms with Crippen LogP contribution < -0.4 is 5.32 Å². The third-order valence-corrected chi connectivity index (χ3v) is 4.21. The van der Waals surface area contributed by atoms with Crippen molar-refractivity contribution in [1.29, 1.82) is 0 Å². The van der Waals surface area contributed by atoms with Gasteiger partial charge in [-0.2, -0.15) is 0 Å². The molecule has 1 saturated heterocycles. The van der Waals surface area contributed by atoms with E-state index in [1.165, 1.54) is 38.8 Å². The second-order valence-corrected chi connectivity index (χ2v) is 6.78. The lowest BCUT2D eigenvalue weighted by Crippen LogP contribution is -2.40. The maximum absolute atomic E-state index is 3.55. The Morgan fingerprint density at radius 1 is 1.17 bits per heavy atom. The van der Waals surface area contributed by atoms with Crippen molar-refractivity contribution >= 4 is 0 Å². The summed E-state index contributed by atoms with van der Waals surface area (Å²) >= 11 is 0. The molecule has 1 rings (SSSR count). The molecule has 2 unspecified atom stereocenters. The normalized spacial score (nSPS) is 23.2. The molecule has 0 amide bonds. The van der Waals surface area contributed by atoms with E-state index in [2.05, 4.69) is 44.8 Å². The van der Waals surface area contributed by atoms with Crippen LogP contribution in [0, 0.1) is 11.8 Å². The summed E-state index contributed by atoms with van der Waals surface area (Å²) < 4.78 is 0. The Morgan fingerprint density at radius 3 is 2.50 bits per heavy atom. The van der Waals surface area contributed by atoms with E-state index in [0.29, 0.717) is 0 Å². The van der Waals surface area contributed by atoms with Gasteiger partial charge in [-0.3, -0.25) is 4.90 Å². The van der Waals surface area contributed by atoms with Gasteiger partial charge in [0.1, 0.15) is 0 Å². The lowest BCUT2D eigenvalue weighted by atomic mass is 10.00. The molecule has 1 heterocycles. The number of hydrogen-bond acceptors (Lipinski definition) is 2. The maximum Gasteiger partial charge on any atom is 0.0121 e. The molecule has 18 heavy (non-hydrogen) atoms. The van der Waals surface area contributed by atoms with Gasteiger partial charge >= 0.3 is 0 Å². The molecule has 0 aliphatic carbocycles. The van der Waals surface area contributed by atoms with Crippen LogP contribution in [0.15, 0.2) is 0 Å². The zero-order chi connectivity index (χ0) is 13.5. The van der Waals surface area contributed by atoms with Crippen LogP contribution in [0.5, 0.6) is 0 Å². The summed E-state index contributed by atoms with van der Waals surface area (Å²) in [7, 11) is 0. The zero-order valence-electron chi connectivity index (χ0n) is 13.2. The Balaban J connectivity index is 2.17. The molecular weight excluding hydrogens is 220 g/mol. The third-order valence-electron chi connectivity index (χ3n) is 4.21. The smallest absolute Gasteiger partial charge is 0.0121 e. The molecule has 2 nitrogen and oxygen atoms in total. The summed E-state index contributed by atoms with van der Waals surface area (Å²) in [5, 5.41) is 3.55. The Kier molecular flexibility index (Phi) is 7.25. The zero-order valence-corrected chi connectivity index (χ0v) is 13.2. The molecule has 0 aromatic heterocycles. The number of likely N-dealkylation sites (tertiary alicyclic amines) is 1. The average Bonchev–Trinajstić information content (AvgIpc) is 2.76. The summed E-state index contributed by atoms with van der Waals surface area (Å²) in [6.07, 6.45) is 5.47. The van der Waals surface area contributed by atoms with Gasteiger partial charge in [0.25, 0.3) is 0 Å². The fraction of sp³-hybridized carbons (Fsp3) is 1.00. The molecule has 0 saturated carbocycles. The second kappa shape index (κ2) is 8.16. The van der Waals surface area contributed by atoms with Gasteiger partial charge in [0, 0.05) is 12.1 Å². The van der Waals surface area contributed by atoms with Crippen LogP contribution in [0.3, 0.4) is 0 Å². The van der Waals surface area contributed by atoms with Crippen molar-refractivity contribution in [2.24, 2.45) is 11.8 Å². The van der Waals surface area contributed by atoms with Crippen molar-refractivity contribution in [3.63, 3.8) is 0 Å². The first kappa shape index (κ1) is 16.0. The van der Waals surface area contributed by atoms with Gasteiger partial charge in [-0.05, 0) is 64.1 Å². The Labute approximate surface area is 115 Å². The van der Waals surface area contributed by atoms with E-state index in [1.54, 1.807) is 0 Å². The monoisotopic (exact) mass is 254 g/mol. The van der Waals surface area contributed by atoms with Gasteiger partial charge in [0.15, 0.2) is 0 Å². The van der Waals surface area contributed by atoms with E-state index in [4.69, 9.17) is 0 Å². The first-order valence-electron chi connectivity index (χ1n) is 7.98. The van der Waals surface area contributed by atoms with Gasteiger partial charge in [0.2, 0.25) is 0 Å². The first-order valence-corrected chi connectivity index (χ1v) is 7.98. The molecule has 0 aromatic carbocycles. The van der Waals surface area contributed by atoms with E-state index in [9.17, 15) is 0 Å². The van der Waals surface area contributed by atoms with Gasteiger partial charge in [0.05, 0.1) is 0 Å². The van der Waals surface area contributed by atoms with Crippen LogP contribution in [-0.2, 0) is 0 Å². The molecule has 1 aliphatic rings. The quantitative estimate of drug-likeness (QED) is 0.667. The Morgan fingerprint density at radius 2 is 1.89 bits per heavy atom. The largest absolute Gasteiger partial charge is 0.316 e. The van der Waals surface area contributed by atoms with Gasteiger partial charge in [-0.15, -0.1) is 0 Å². The molecule has 1 aliphatic heterocycles. The van der Waals surface area contributed by atoms with E-state index in [0.717, 1.165) is 30.5 Å². The molecule has 1 N–H and O–H groups in total. The van der Waals surface area contributed by atoms with Gasteiger partial charge in [-0.25, -0.2) is 0 Å². The van der Waals surface area contributed by atoms with Crippen molar-refractivity contribution in [2.75, 3.05) is 19.6 Å². The fourth-order valence-corrected chi connectivity index (χ4v) is 3.16. The fourth-order valence-electron chi connectivity index (χ4n) is 3.16. The van der Waals surface area contributed by atoms with E-state index in [-0.39, 0.29) is 0 Å². The van der Waals surface area contributed by atoms with Crippen LogP contribution in [0.4, 0.5) is 0 Å². The SMILES string of the molecule is CC(C)CNCCCC(C)N1CCCC1C(C)C. The number of hydrogen-bond donors (Lipinski definition) is 1. The third kappa shape index (κ3) is 5.27. The minimum absolute atomic E-state index is 0.765. The average molecular weight is 254 g/mol. The summed E-state index contributed by atoms with van der Waals surface area (Å²) in [6, 6.07) is 1.60. The maximum atomic E-state index is 3.55. The first-order chi connectivity index (χ1) is 8.52. The highest BCUT2D eigenvalue weighted by atomic mass is 15.2. The molecule has 0 bridgehead atoms. The highest BCUT2D eigenvalue weighted by Crippen LogP contribution is 2.27. The lowest BCUT2D eigenvalue weighted by molar-refractivity contribution is 0.147. The predicted molar refractivity (Wildman–Crippen MR) is 81.0 cm³/mol. The number of rotatable bonds is 8. The minimum atomic E-state index is 0.765. The lowest BCUT2D eigenvalue weighted by Gasteiger charge is -2.33. The Bertz CT molecular complexity index is 213. The summed E-state index contributed by atoms with van der Waals surface area (Å²) in [5.74, 6) is 1.58. The highest BCUT2D eigenvalue weighted by Gasteiger charge is 2.29. The standard InChI is InChI=1S/C16H34N2/c1-13(2)12-17-10-6-8-15(5)18-11-7-9-16(18)14(3)4/h13-17H,6-12H2,1-5H3. The van der Waals surface area contributed by atoms with Crippen LogP contribution >= 0.6 is 0 Å². The minimum Gasteiger partial charge on any atom is -0.316 e. The predicted octanol–water partition coefficient (Wildman–Crippen LogP) is 3.52. The molecule has 0 spiro atoms. The van der Waals surface area contributed by atoms with Crippen LogP contribution in [0.1, 0.15) is 60.3 Å². The molecule has 2 atom stereocenters. The second-order valence-electron chi connectivity index (χ2n) is 6.78. The Hall–Kier alpha value is -0.0800. The summed E-state index contributed by atoms with van der Waals surface area (Å²) in [5.41, 5.74) is 0. The van der Waals surface area contributed by atoms with Gasteiger partial charge in [-0.1, -0.05) is 27.7 Å². The molecule has 0 aromatic rings. The molecule has 0 radical (unpaired) electrons. The van der Waals surface area contributed by atoms with Crippen molar-refractivity contribution < 1.29 is 0 Å². The summed E-state index contributed by atoms with van der Waals surface area (Å²) in [6.45, 7) is 15.4. The van der Waals surface area contributed by atoms with E-state index in [1.807, 2.05) is 0 Å². The van der Waals surface area contributed by atoms with Crippen LogP contribution in [-0.4, -0.2) is 36.6 Å². The molecule has 108 valence electrons. The summed E-state index contributed by atoms with van der Waals surface area (Å²) in [4.78, 5) is 2.76. The van der Waals surface area contributed by atoms with Crippen molar-refractivity contribution in [1.82, 2.24) is 10.2 Å². The molecular formula is C16H34N2. The molecule has 2 heteroatoms. The van der Waals surface area contributed by atoms with Gasteiger partial charge < -0.3 is 5.32 Å². The van der Waals surface area contributed by atoms with E-state index < -0.39 is 0 Å². The van der Waals surface area contributed by atoms with Crippen molar-refractivity contribution in [3.05, 3.63) is 0 Å². The highest BCUT2D eigenvalue weighted by molar-refractivity contribution is 4.84. The van der Waals surface area contributed by atoms with Crippen LogP contribution in [0.25, 0.3) is 0 Å². The number of nitrogens with zero attached hydrogens (tertiary/aromatic N) is 1.